The summed E-state index contributed by atoms with van der Waals surface area (Å²) in [7, 11) is 0. The Bertz CT molecular complexity index is 1510. The zero-order valence-electron chi connectivity index (χ0n) is 18.4. The first kappa shape index (κ1) is 21.5. The van der Waals surface area contributed by atoms with Gasteiger partial charge in [0, 0.05) is 16.6 Å². The number of carbonyl (C=O) groups is 1. The predicted octanol–water partition coefficient (Wildman–Crippen LogP) is 5.10. The first-order valence-corrected chi connectivity index (χ1v) is 11.2. The summed E-state index contributed by atoms with van der Waals surface area (Å²) in [5.41, 5.74) is 3.55. The number of amides is 1. The van der Waals surface area contributed by atoms with Gasteiger partial charge in [0.1, 0.15) is 16.8 Å². The Kier molecular flexibility index (Phi) is 5.88. The number of nitrogens with zero attached hydrogens (tertiary/aromatic N) is 3. The van der Waals surface area contributed by atoms with Gasteiger partial charge in [-0.1, -0.05) is 36.4 Å². The number of fused-ring (bicyclic) bond motifs is 2. The van der Waals surface area contributed by atoms with Gasteiger partial charge in [-0.15, -0.1) is 15.0 Å². The van der Waals surface area contributed by atoms with Gasteiger partial charge in [-0.2, -0.15) is 0 Å². The normalized spacial score (nSPS) is 10.9. The molecule has 4 aromatic carbocycles. The molecule has 0 saturated heterocycles. The predicted molar refractivity (Wildman–Crippen MR) is 138 cm³/mol. The molecule has 0 fully saturated rings. The quantitative estimate of drug-likeness (QED) is 0.350. The van der Waals surface area contributed by atoms with Gasteiger partial charge in [-0.05, 0) is 73.1 Å². The fourth-order valence-electron chi connectivity index (χ4n) is 3.69. The van der Waals surface area contributed by atoms with E-state index in [4.69, 9.17) is 17.0 Å². The van der Waals surface area contributed by atoms with Crippen molar-refractivity contribution in [2.45, 2.75) is 6.92 Å². The van der Waals surface area contributed by atoms with E-state index < -0.39 is 0 Å². The van der Waals surface area contributed by atoms with Crippen molar-refractivity contribution in [2.75, 3.05) is 11.9 Å². The molecule has 0 aliphatic carbocycles. The van der Waals surface area contributed by atoms with Crippen LogP contribution in [0.1, 0.15) is 17.3 Å². The molecule has 1 amide bonds. The SMILES string of the molecule is CCOc1ccc(C(=O)NC(=S)Nc2ccc3nn(-c4cccc5ccccc45)nc3c2)cc1. The second kappa shape index (κ2) is 9.29. The molecule has 5 aromatic rings. The number of benzene rings is 4. The summed E-state index contributed by atoms with van der Waals surface area (Å²) in [6.07, 6.45) is 0. The third-order valence-electron chi connectivity index (χ3n) is 5.27. The Hall–Kier alpha value is -4.30. The van der Waals surface area contributed by atoms with Crippen molar-refractivity contribution in [3.63, 3.8) is 0 Å². The average molecular weight is 468 g/mol. The van der Waals surface area contributed by atoms with Crippen molar-refractivity contribution >= 4 is 50.7 Å². The highest BCUT2D eigenvalue weighted by Crippen LogP contribution is 2.23. The van der Waals surface area contributed by atoms with E-state index in [1.807, 2.05) is 49.4 Å². The minimum atomic E-state index is -0.302. The number of anilines is 1. The van der Waals surface area contributed by atoms with E-state index in [-0.39, 0.29) is 11.0 Å². The minimum Gasteiger partial charge on any atom is -0.494 e. The van der Waals surface area contributed by atoms with Crippen molar-refractivity contribution in [1.29, 1.82) is 0 Å². The lowest BCUT2D eigenvalue weighted by Gasteiger charge is -2.10. The first-order valence-electron chi connectivity index (χ1n) is 10.8. The van der Waals surface area contributed by atoms with E-state index in [1.54, 1.807) is 29.1 Å². The highest BCUT2D eigenvalue weighted by Gasteiger charge is 2.11. The molecule has 0 aliphatic rings. The standard InChI is InChI=1S/C26H21N5O2S/c1-2-33-20-13-10-18(11-14-20)25(32)28-26(34)27-19-12-15-22-23(16-19)30-31(29-22)24-9-5-7-17-6-3-4-8-21(17)24/h3-16H,2H2,1H3,(H2,27,28,32,34). The summed E-state index contributed by atoms with van der Waals surface area (Å²) in [5, 5.41) is 17.4. The van der Waals surface area contributed by atoms with E-state index in [0.717, 1.165) is 22.0 Å². The van der Waals surface area contributed by atoms with Crippen LogP contribution in [0.25, 0.3) is 27.5 Å². The fourth-order valence-corrected chi connectivity index (χ4v) is 3.90. The van der Waals surface area contributed by atoms with Crippen LogP contribution >= 0.6 is 12.2 Å². The molecule has 0 aliphatic heterocycles. The summed E-state index contributed by atoms with van der Waals surface area (Å²) in [6.45, 7) is 2.48. The lowest BCUT2D eigenvalue weighted by molar-refractivity contribution is 0.0977. The second-order valence-electron chi connectivity index (χ2n) is 7.56. The molecule has 168 valence electrons. The number of hydrogen-bond donors (Lipinski definition) is 2. The van der Waals surface area contributed by atoms with Crippen LogP contribution in [-0.4, -0.2) is 32.6 Å². The van der Waals surface area contributed by atoms with Crippen LogP contribution in [0.2, 0.25) is 0 Å². The molecule has 1 aromatic heterocycles. The average Bonchev–Trinajstić information content (AvgIpc) is 3.27. The fraction of sp³-hybridized carbons (Fsp3) is 0.0769. The summed E-state index contributed by atoms with van der Waals surface area (Å²) in [6, 6.07) is 26.6. The second-order valence-corrected chi connectivity index (χ2v) is 7.97. The van der Waals surface area contributed by atoms with Crippen LogP contribution in [0.15, 0.2) is 84.9 Å². The first-order chi connectivity index (χ1) is 16.6. The largest absolute Gasteiger partial charge is 0.494 e. The third-order valence-corrected chi connectivity index (χ3v) is 5.48. The Morgan fingerprint density at radius 2 is 1.71 bits per heavy atom. The zero-order chi connectivity index (χ0) is 23.5. The molecule has 0 radical (unpaired) electrons. The maximum atomic E-state index is 12.5. The number of nitrogens with one attached hydrogen (secondary N) is 2. The highest BCUT2D eigenvalue weighted by atomic mass is 32.1. The minimum absolute atomic E-state index is 0.194. The van der Waals surface area contributed by atoms with E-state index >= 15 is 0 Å². The number of hydrogen-bond acceptors (Lipinski definition) is 5. The maximum absolute atomic E-state index is 12.5. The third kappa shape index (κ3) is 4.44. The summed E-state index contributed by atoms with van der Waals surface area (Å²) in [5.74, 6) is 0.410. The van der Waals surface area contributed by atoms with Gasteiger partial charge in [0.15, 0.2) is 5.11 Å². The molecular formula is C26H21N5O2S. The van der Waals surface area contributed by atoms with E-state index in [1.165, 1.54) is 0 Å². The molecule has 34 heavy (non-hydrogen) atoms. The molecule has 0 atom stereocenters. The van der Waals surface area contributed by atoms with Crippen LogP contribution in [-0.2, 0) is 0 Å². The maximum Gasteiger partial charge on any atom is 0.257 e. The van der Waals surface area contributed by atoms with E-state index in [0.29, 0.717) is 29.1 Å². The number of carbonyl (C=O) groups excluding carboxylic acids is 1. The van der Waals surface area contributed by atoms with Gasteiger partial charge in [0.25, 0.3) is 5.91 Å². The Morgan fingerprint density at radius 3 is 2.53 bits per heavy atom. The lowest BCUT2D eigenvalue weighted by Crippen LogP contribution is -2.34. The molecule has 7 nitrogen and oxygen atoms in total. The van der Waals surface area contributed by atoms with Gasteiger partial charge < -0.3 is 10.1 Å². The summed E-state index contributed by atoms with van der Waals surface area (Å²) >= 11 is 5.33. The number of thiocarbonyl (C=S) groups is 1. The van der Waals surface area contributed by atoms with Crippen LogP contribution in [0, 0.1) is 0 Å². The van der Waals surface area contributed by atoms with Crippen molar-refractivity contribution < 1.29 is 9.53 Å². The highest BCUT2D eigenvalue weighted by molar-refractivity contribution is 7.80. The summed E-state index contributed by atoms with van der Waals surface area (Å²) in [4.78, 5) is 14.1. The molecule has 0 saturated carbocycles. The van der Waals surface area contributed by atoms with Crippen LogP contribution < -0.4 is 15.4 Å². The smallest absolute Gasteiger partial charge is 0.257 e. The zero-order valence-corrected chi connectivity index (χ0v) is 19.2. The molecular weight excluding hydrogens is 446 g/mol. The van der Waals surface area contributed by atoms with Gasteiger partial charge >= 0.3 is 0 Å². The van der Waals surface area contributed by atoms with Crippen molar-refractivity contribution in [1.82, 2.24) is 20.3 Å². The van der Waals surface area contributed by atoms with E-state index in [9.17, 15) is 4.79 Å². The van der Waals surface area contributed by atoms with Crippen molar-refractivity contribution in [2.24, 2.45) is 0 Å². The van der Waals surface area contributed by atoms with E-state index in [2.05, 4.69) is 39.0 Å². The van der Waals surface area contributed by atoms with Crippen LogP contribution in [0.4, 0.5) is 5.69 Å². The van der Waals surface area contributed by atoms with Crippen LogP contribution in [0.5, 0.6) is 5.75 Å². The Morgan fingerprint density at radius 1 is 0.941 bits per heavy atom. The van der Waals surface area contributed by atoms with Gasteiger partial charge in [0.2, 0.25) is 0 Å². The number of rotatable bonds is 5. The Labute approximate surface area is 201 Å². The summed E-state index contributed by atoms with van der Waals surface area (Å²) < 4.78 is 5.40. The van der Waals surface area contributed by atoms with Crippen molar-refractivity contribution in [3.05, 3.63) is 90.5 Å². The monoisotopic (exact) mass is 467 g/mol. The van der Waals surface area contributed by atoms with Gasteiger partial charge in [-0.25, -0.2) is 0 Å². The van der Waals surface area contributed by atoms with Crippen molar-refractivity contribution in [3.8, 4) is 11.4 Å². The molecule has 2 N–H and O–H groups in total. The molecule has 8 heteroatoms. The molecule has 0 bridgehead atoms. The molecule has 1 heterocycles. The Balaban J connectivity index is 1.31. The molecule has 0 unspecified atom stereocenters. The number of ether oxygens (including phenoxy) is 1. The van der Waals surface area contributed by atoms with Crippen LogP contribution in [0.3, 0.4) is 0 Å². The topological polar surface area (TPSA) is 81.1 Å². The van der Waals surface area contributed by atoms with Gasteiger partial charge in [-0.3, -0.25) is 10.1 Å². The number of aromatic nitrogens is 3. The molecule has 5 rings (SSSR count). The van der Waals surface area contributed by atoms with Gasteiger partial charge in [0.05, 0.1) is 12.3 Å². The molecule has 0 spiro atoms. The lowest BCUT2D eigenvalue weighted by atomic mass is 10.1.